The Morgan fingerprint density at radius 2 is 2.09 bits per heavy atom. The molecule has 0 bridgehead atoms. The number of hydrogen-bond donors (Lipinski definition) is 1. The lowest BCUT2D eigenvalue weighted by molar-refractivity contribution is 0.0955. The van der Waals surface area contributed by atoms with Gasteiger partial charge in [0.15, 0.2) is 0 Å². The number of carbonyl (C=O) groups excluding carboxylic acids is 1. The Morgan fingerprint density at radius 1 is 1.26 bits per heavy atom. The van der Waals surface area contributed by atoms with Crippen LogP contribution in [0.1, 0.15) is 54.1 Å². The highest BCUT2D eigenvalue weighted by Crippen LogP contribution is 2.28. The lowest BCUT2D eigenvalue weighted by atomic mass is 9.95. The molecule has 3 rings (SSSR count). The van der Waals surface area contributed by atoms with Crippen molar-refractivity contribution in [3.63, 3.8) is 0 Å². The molecule has 1 aliphatic rings. The molecule has 0 radical (unpaired) electrons. The van der Waals surface area contributed by atoms with Crippen molar-refractivity contribution < 1.29 is 4.79 Å². The number of nitrogens with zero attached hydrogens (tertiary/aromatic N) is 2. The first kappa shape index (κ1) is 16.2. The van der Waals surface area contributed by atoms with Crippen LogP contribution in [0.4, 0.5) is 0 Å². The molecule has 0 unspecified atom stereocenters. The number of hydrazone groups is 1. The van der Waals surface area contributed by atoms with E-state index < -0.39 is 0 Å². The molecule has 0 atom stereocenters. The van der Waals surface area contributed by atoms with Crippen LogP contribution in [0.15, 0.2) is 47.8 Å². The van der Waals surface area contributed by atoms with Crippen molar-refractivity contribution in [3.8, 4) is 0 Å². The van der Waals surface area contributed by atoms with Crippen molar-refractivity contribution in [1.82, 2.24) is 9.99 Å². The van der Waals surface area contributed by atoms with Crippen LogP contribution in [-0.4, -0.2) is 16.7 Å². The summed E-state index contributed by atoms with van der Waals surface area (Å²) in [5.41, 5.74) is 4.21. The van der Waals surface area contributed by atoms with Gasteiger partial charge in [0, 0.05) is 33.1 Å². The van der Waals surface area contributed by atoms with Gasteiger partial charge in [0.25, 0.3) is 5.91 Å². The van der Waals surface area contributed by atoms with Gasteiger partial charge in [-0.15, -0.1) is 0 Å². The summed E-state index contributed by atoms with van der Waals surface area (Å²) in [6.45, 7) is 0. The molecular weight excluding hydrogens is 401 g/mol. The van der Waals surface area contributed by atoms with Gasteiger partial charge in [0.05, 0.1) is 6.21 Å². The van der Waals surface area contributed by atoms with Crippen molar-refractivity contribution >= 4 is 34.7 Å². The lowest BCUT2D eigenvalue weighted by Crippen LogP contribution is -2.17. The highest BCUT2D eigenvalue weighted by atomic mass is 127. The minimum Gasteiger partial charge on any atom is -0.351 e. The van der Waals surface area contributed by atoms with E-state index >= 15 is 0 Å². The van der Waals surface area contributed by atoms with E-state index in [2.05, 4.69) is 50.1 Å². The first-order valence-electron chi connectivity index (χ1n) is 7.99. The zero-order chi connectivity index (χ0) is 16.1. The number of benzene rings is 1. The highest BCUT2D eigenvalue weighted by Gasteiger charge is 2.14. The molecule has 1 aromatic heterocycles. The number of nitrogens with one attached hydrogen (secondary N) is 1. The SMILES string of the molecule is O=C(N/N=C\c1ccn(C2CCCCC2)c1)c1cccc(I)c1. The first-order valence-corrected chi connectivity index (χ1v) is 9.07. The van der Waals surface area contributed by atoms with Gasteiger partial charge in [-0.05, 0) is 59.7 Å². The molecule has 1 amide bonds. The molecule has 1 heterocycles. The van der Waals surface area contributed by atoms with Gasteiger partial charge in [-0.2, -0.15) is 5.10 Å². The molecule has 0 saturated heterocycles. The summed E-state index contributed by atoms with van der Waals surface area (Å²) >= 11 is 2.19. The van der Waals surface area contributed by atoms with Crippen molar-refractivity contribution in [3.05, 3.63) is 57.4 Å². The fourth-order valence-electron chi connectivity index (χ4n) is 2.97. The van der Waals surface area contributed by atoms with Crippen LogP contribution in [-0.2, 0) is 0 Å². The highest BCUT2D eigenvalue weighted by molar-refractivity contribution is 14.1. The number of aromatic nitrogens is 1. The van der Waals surface area contributed by atoms with E-state index in [1.165, 1.54) is 32.1 Å². The van der Waals surface area contributed by atoms with Gasteiger partial charge in [-0.25, -0.2) is 5.43 Å². The molecule has 5 heteroatoms. The van der Waals surface area contributed by atoms with E-state index in [9.17, 15) is 4.79 Å². The quantitative estimate of drug-likeness (QED) is 0.445. The van der Waals surface area contributed by atoms with E-state index in [0.717, 1.165) is 9.13 Å². The van der Waals surface area contributed by atoms with Gasteiger partial charge in [0.1, 0.15) is 0 Å². The number of hydrogen-bond acceptors (Lipinski definition) is 2. The summed E-state index contributed by atoms with van der Waals surface area (Å²) in [7, 11) is 0. The van der Waals surface area contributed by atoms with Crippen LogP contribution in [0.25, 0.3) is 0 Å². The minimum atomic E-state index is -0.188. The zero-order valence-electron chi connectivity index (χ0n) is 12.9. The Bertz CT molecular complexity index is 702. The van der Waals surface area contributed by atoms with Crippen molar-refractivity contribution in [2.24, 2.45) is 5.10 Å². The number of amides is 1. The van der Waals surface area contributed by atoms with Gasteiger partial charge in [-0.1, -0.05) is 25.3 Å². The first-order chi connectivity index (χ1) is 11.2. The van der Waals surface area contributed by atoms with E-state index in [0.29, 0.717) is 11.6 Å². The third-order valence-corrected chi connectivity index (χ3v) is 4.87. The Hall–Kier alpha value is -1.63. The largest absolute Gasteiger partial charge is 0.351 e. The fraction of sp³-hybridized carbons (Fsp3) is 0.333. The molecule has 2 aromatic rings. The molecule has 1 fully saturated rings. The third-order valence-electron chi connectivity index (χ3n) is 4.20. The van der Waals surface area contributed by atoms with Crippen LogP contribution in [0.3, 0.4) is 0 Å². The van der Waals surface area contributed by atoms with Crippen LogP contribution in [0.2, 0.25) is 0 Å². The number of halogens is 1. The van der Waals surface area contributed by atoms with Crippen LogP contribution >= 0.6 is 22.6 Å². The van der Waals surface area contributed by atoms with E-state index in [-0.39, 0.29) is 5.91 Å². The summed E-state index contributed by atoms with van der Waals surface area (Å²) in [6, 6.07) is 10.1. The van der Waals surface area contributed by atoms with E-state index in [1.807, 2.05) is 24.3 Å². The summed E-state index contributed by atoms with van der Waals surface area (Å²) in [5, 5.41) is 4.07. The van der Waals surface area contributed by atoms with Gasteiger partial charge < -0.3 is 4.57 Å². The van der Waals surface area contributed by atoms with Crippen molar-refractivity contribution in [1.29, 1.82) is 0 Å². The maximum absolute atomic E-state index is 12.0. The van der Waals surface area contributed by atoms with Crippen LogP contribution in [0, 0.1) is 3.57 Å². The Morgan fingerprint density at radius 3 is 2.87 bits per heavy atom. The molecular formula is C18H20IN3O. The molecule has 4 nitrogen and oxygen atoms in total. The van der Waals surface area contributed by atoms with Gasteiger partial charge in [-0.3, -0.25) is 4.79 Å². The van der Waals surface area contributed by atoms with Crippen LogP contribution < -0.4 is 5.43 Å². The number of carbonyl (C=O) groups is 1. The minimum absolute atomic E-state index is 0.188. The molecule has 120 valence electrons. The van der Waals surface area contributed by atoms with Crippen LogP contribution in [0.5, 0.6) is 0 Å². The van der Waals surface area contributed by atoms with Gasteiger partial charge in [0.2, 0.25) is 0 Å². The second kappa shape index (κ2) is 7.77. The molecule has 1 aliphatic carbocycles. The monoisotopic (exact) mass is 421 g/mol. The number of rotatable bonds is 4. The average Bonchev–Trinajstić information content (AvgIpc) is 3.04. The standard InChI is InChI=1S/C18H20IN3O/c19-16-6-4-5-15(11-16)18(23)21-20-12-14-9-10-22(13-14)17-7-2-1-3-8-17/h4-6,9-13,17H,1-3,7-8H2,(H,21,23)/b20-12-. The molecule has 0 spiro atoms. The van der Waals surface area contributed by atoms with Crippen molar-refractivity contribution in [2.75, 3.05) is 0 Å². The normalized spacial score (nSPS) is 15.9. The second-order valence-electron chi connectivity index (χ2n) is 5.89. The average molecular weight is 421 g/mol. The third kappa shape index (κ3) is 4.43. The summed E-state index contributed by atoms with van der Waals surface area (Å²) in [6.07, 6.45) is 12.4. The van der Waals surface area contributed by atoms with E-state index in [1.54, 1.807) is 12.3 Å². The zero-order valence-corrected chi connectivity index (χ0v) is 15.1. The molecule has 1 saturated carbocycles. The Kier molecular flexibility index (Phi) is 5.48. The van der Waals surface area contributed by atoms with E-state index in [4.69, 9.17) is 0 Å². The predicted molar refractivity (Wildman–Crippen MR) is 101 cm³/mol. The molecule has 23 heavy (non-hydrogen) atoms. The maximum atomic E-state index is 12.0. The lowest BCUT2D eigenvalue weighted by Gasteiger charge is -2.23. The predicted octanol–water partition coefficient (Wildman–Crippen LogP) is 4.36. The second-order valence-corrected chi connectivity index (χ2v) is 7.14. The topological polar surface area (TPSA) is 46.4 Å². The maximum Gasteiger partial charge on any atom is 0.271 e. The molecule has 0 aliphatic heterocycles. The summed E-state index contributed by atoms with van der Waals surface area (Å²) in [4.78, 5) is 12.0. The Balaban J connectivity index is 1.58. The molecule has 1 N–H and O–H groups in total. The smallest absolute Gasteiger partial charge is 0.271 e. The fourth-order valence-corrected chi connectivity index (χ4v) is 3.52. The molecule has 1 aromatic carbocycles. The van der Waals surface area contributed by atoms with Crippen molar-refractivity contribution in [2.45, 2.75) is 38.1 Å². The van der Waals surface area contributed by atoms with Gasteiger partial charge >= 0.3 is 0 Å². The summed E-state index contributed by atoms with van der Waals surface area (Å²) < 4.78 is 3.31. The Labute approximate surface area is 150 Å². The summed E-state index contributed by atoms with van der Waals surface area (Å²) in [5.74, 6) is -0.188.